The van der Waals surface area contributed by atoms with Gasteiger partial charge in [0.2, 0.25) is 5.89 Å². The van der Waals surface area contributed by atoms with Gasteiger partial charge >= 0.3 is 0 Å². The monoisotopic (exact) mass is 614 g/mol. The van der Waals surface area contributed by atoms with Crippen LogP contribution in [0.25, 0.3) is 66.4 Å². The molecule has 0 N–H and O–H groups in total. The molecule has 1 heterocycles. The third kappa shape index (κ3) is 4.99. The van der Waals surface area contributed by atoms with Crippen molar-refractivity contribution in [3.05, 3.63) is 182 Å². The van der Waals surface area contributed by atoms with Gasteiger partial charge in [-0.2, -0.15) is 0 Å². The molecule has 0 spiro atoms. The molecule has 0 aliphatic heterocycles. The van der Waals surface area contributed by atoms with Crippen molar-refractivity contribution in [2.75, 3.05) is 4.90 Å². The fourth-order valence-corrected chi connectivity index (χ4v) is 6.70. The van der Waals surface area contributed by atoms with Crippen molar-refractivity contribution in [1.82, 2.24) is 4.98 Å². The first-order valence-corrected chi connectivity index (χ1v) is 16.2. The van der Waals surface area contributed by atoms with E-state index in [1.807, 2.05) is 36.4 Å². The molecule has 8 aromatic carbocycles. The molecule has 9 aromatic rings. The molecule has 3 nitrogen and oxygen atoms in total. The second-order valence-corrected chi connectivity index (χ2v) is 12.0. The third-order valence-corrected chi connectivity index (χ3v) is 9.09. The SMILES string of the molecule is c1ccc(-c2nc3c(ccc4cc(-c5ccc(N(c6ccccc6)c6ccc(-c7cccc8ccccc78)cc6)cc5)ccc43)o2)cc1. The lowest BCUT2D eigenvalue weighted by atomic mass is 9.98. The lowest BCUT2D eigenvalue weighted by molar-refractivity contribution is 0.620. The zero-order chi connectivity index (χ0) is 31.9. The standard InChI is InChI=1S/C45H30N2O/c1-3-11-34(12-4-1)45-46-44-42-28-22-35(30-36(42)23-29-43(44)48-45)31-18-24-38(25-19-31)47(37-14-5-2-6-15-37)39-26-20-33(21-27-39)41-17-9-13-32-10-7-8-16-40(32)41/h1-30H. The van der Waals surface area contributed by atoms with E-state index in [4.69, 9.17) is 9.40 Å². The average molecular weight is 615 g/mol. The summed E-state index contributed by atoms with van der Waals surface area (Å²) in [7, 11) is 0. The molecular weight excluding hydrogens is 585 g/mol. The normalized spacial score (nSPS) is 11.3. The Balaban J connectivity index is 1.05. The number of fused-ring (bicyclic) bond motifs is 4. The van der Waals surface area contributed by atoms with E-state index >= 15 is 0 Å². The number of hydrogen-bond acceptors (Lipinski definition) is 3. The average Bonchev–Trinajstić information content (AvgIpc) is 3.61. The summed E-state index contributed by atoms with van der Waals surface area (Å²) in [6, 6.07) is 64.1. The molecule has 1 aromatic heterocycles. The summed E-state index contributed by atoms with van der Waals surface area (Å²) in [5, 5.41) is 4.73. The van der Waals surface area contributed by atoms with Crippen LogP contribution in [0.5, 0.6) is 0 Å². The smallest absolute Gasteiger partial charge is 0.227 e. The van der Waals surface area contributed by atoms with Gasteiger partial charge in [0.1, 0.15) is 5.52 Å². The van der Waals surface area contributed by atoms with E-state index in [1.165, 1.54) is 21.9 Å². The Bertz CT molecular complexity index is 2530. The van der Waals surface area contributed by atoms with Gasteiger partial charge in [-0.25, -0.2) is 4.98 Å². The van der Waals surface area contributed by atoms with Crippen LogP contribution >= 0.6 is 0 Å². The van der Waals surface area contributed by atoms with Crippen molar-refractivity contribution >= 4 is 49.7 Å². The molecule has 0 unspecified atom stereocenters. The Labute approximate surface area is 279 Å². The predicted octanol–water partition coefficient (Wildman–Crippen LogP) is 12.6. The Morgan fingerprint density at radius 1 is 0.396 bits per heavy atom. The summed E-state index contributed by atoms with van der Waals surface area (Å²) in [5.41, 5.74) is 10.7. The zero-order valence-corrected chi connectivity index (χ0v) is 26.1. The zero-order valence-electron chi connectivity index (χ0n) is 26.1. The maximum absolute atomic E-state index is 6.12. The first-order chi connectivity index (χ1) is 23.8. The van der Waals surface area contributed by atoms with E-state index in [-0.39, 0.29) is 0 Å². The van der Waals surface area contributed by atoms with Crippen LogP contribution in [0.2, 0.25) is 0 Å². The minimum atomic E-state index is 0.643. The highest BCUT2D eigenvalue weighted by atomic mass is 16.3. The molecule has 226 valence electrons. The summed E-state index contributed by atoms with van der Waals surface area (Å²) >= 11 is 0. The first kappa shape index (κ1) is 27.8. The summed E-state index contributed by atoms with van der Waals surface area (Å²) in [6.07, 6.45) is 0. The molecule has 0 bridgehead atoms. The number of nitrogens with zero attached hydrogens (tertiary/aromatic N) is 2. The van der Waals surface area contributed by atoms with Crippen molar-refractivity contribution < 1.29 is 4.42 Å². The number of aromatic nitrogens is 1. The summed E-state index contributed by atoms with van der Waals surface area (Å²) < 4.78 is 6.12. The molecule has 0 amide bonds. The highest BCUT2D eigenvalue weighted by molar-refractivity contribution is 6.05. The third-order valence-electron chi connectivity index (χ3n) is 9.09. The molecule has 0 saturated heterocycles. The Morgan fingerprint density at radius 2 is 1.02 bits per heavy atom. The topological polar surface area (TPSA) is 29.3 Å². The minimum Gasteiger partial charge on any atom is -0.436 e. The molecule has 0 aliphatic carbocycles. The lowest BCUT2D eigenvalue weighted by Gasteiger charge is -2.26. The van der Waals surface area contributed by atoms with E-state index in [2.05, 4.69) is 150 Å². The van der Waals surface area contributed by atoms with Crippen molar-refractivity contribution in [3.63, 3.8) is 0 Å². The number of rotatable bonds is 6. The Kier molecular flexibility index (Phi) is 6.80. The maximum atomic E-state index is 6.12. The van der Waals surface area contributed by atoms with Gasteiger partial charge in [0.15, 0.2) is 5.58 Å². The van der Waals surface area contributed by atoms with Gasteiger partial charge in [-0.1, -0.05) is 121 Å². The van der Waals surface area contributed by atoms with Crippen LogP contribution in [-0.2, 0) is 0 Å². The first-order valence-electron chi connectivity index (χ1n) is 16.2. The number of anilines is 3. The van der Waals surface area contributed by atoms with E-state index in [0.29, 0.717) is 5.89 Å². The van der Waals surface area contributed by atoms with E-state index in [1.54, 1.807) is 0 Å². The van der Waals surface area contributed by atoms with Crippen LogP contribution in [0.1, 0.15) is 0 Å². The fourth-order valence-electron chi connectivity index (χ4n) is 6.70. The van der Waals surface area contributed by atoms with Crippen molar-refractivity contribution in [2.45, 2.75) is 0 Å². The van der Waals surface area contributed by atoms with Gasteiger partial charge < -0.3 is 9.32 Å². The van der Waals surface area contributed by atoms with Crippen molar-refractivity contribution in [3.8, 4) is 33.7 Å². The molecular formula is C45H30N2O. The van der Waals surface area contributed by atoms with Crippen LogP contribution in [-0.4, -0.2) is 4.98 Å². The largest absolute Gasteiger partial charge is 0.436 e. The van der Waals surface area contributed by atoms with E-state index in [0.717, 1.165) is 55.6 Å². The quantitative estimate of drug-likeness (QED) is 0.187. The maximum Gasteiger partial charge on any atom is 0.227 e. The second kappa shape index (κ2) is 11.7. The van der Waals surface area contributed by atoms with Crippen molar-refractivity contribution in [2.24, 2.45) is 0 Å². The molecule has 9 rings (SSSR count). The van der Waals surface area contributed by atoms with Gasteiger partial charge in [-0.3, -0.25) is 0 Å². The van der Waals surface area contributed by atoms with Crippen LogP contribution in [0, 0.1) is 0 Å². The molecule has 0 aliphatic rings. The van der Waals surface area contributed by atoms with Gasteiger partial charge in [-0.05, 0) is 99.1 Å². The number of hydrogen-bond donors (Lipinski definition) is 0. The van der Waals surface area contributed by atoms with Gasteiger partial charge in [0.25, 0.3) is 0 Å². The van der Waals surface area contributed by atoms with Crippen LogP contribution in [0.3, 0.4) is 0 Å². The van der Waals surface area contributed by atoms with Crippen molar-refractivity contribution in [1.29, 1.82) is 0 Å². The Morgan fingerprint density at radius 3 is 1.79 bits per heavy atom. The number of oxazole rings is 1. The van der Waals surface area contributed by atoms with Crippen LogP contribution < -0.4 is 4.90 Å². The van der Waals surface area contributed by atoms with E-state index in [9.17, 15) is 0 Å². The van der Waals surface area contributed by atoms with E-state index < -0.39 is 0 Å². The molecule has 0 fully saturated rings. The van der Waals surface area contributed by atoms with Gasteiger partial charge in [0.05, 0.1) is 0 Å². The molecule has 0 radical (unpaired) electrons. The minimum absolute atomic E-state index is 0.643. The Hall–Kier alpha value is -6.45. The van der Waals surface area contributed by atoms with Crippen LogP contribution in [0.15, 0.2) is 186 Å². The number of para-hydroxylation sites is 1. The highest BCUT2D eigenvalue weighted by Gasteiger charge is 2.15. The molecule has 48 heavy (non-hydrogen) atoms. The second-order valence-electron chi connectivity index (χ2n) is 12.0. The predicted molar refractivity (Wildman–Crippen MR) is 200 cm³/mol. The fraction of sp³-hybridized carbons (Fsp3) is 0. The van der Waals surface area contributed by atoms with Gasteiger partial charge in [-0.15, -0.1) is 0 Å². The summed E-state index contributed by atoms with van der Waals surface area (Å²) in [6.45, 7) is 0. The summed E-state index contributed by atoms with van der Waals surface area (Å²) in [5.74, 6) is 0.643. The van der Waals surface area contributed by atoms with Crippen LogP contribution in [0.4, 0.5) is 17.1 Å². The molecule has 0 atom stereocenters. The lowest BCUT2D eigenvalue weighted by Crippen LogP contribution is -2.09. The number of benzene rings is 8. The summed E-state index contributed by atoms with van der Waals surface area (Å²) in [4.78, 5) is 7.17. The molecule has 0 saturated carbocycles. The highest BCUT2D eigenvalue weighted by Crippen LogP contribution is 2.38. The van der Waals surface area contributed by atoms with Gasteiger partial charge in [0, 0.05) is 28.0 Å². The molecule has 3 heteroatoms.